The summed E-state index contributed by atoms with van der Waals surface area (Å²) in [5, 5.41) is 0. The van der Waals surface area contributed by atoms with E-state index >= 15 is 0 Å². The van der Waals surface area contributed by atoms with Crippen LogP contribution < -0.4 is 5.73 Å². The number of benzene rings is 1. The Balaban J connectivity index is 2.44. The molecule has 1 aromatic carbocycles. The first-order valence-corrected chi connectivity index (χ1v) is 5.72. The van der Waals surface area contributed by atoms with Gasteiger partial charge in [0.1, 0.15) is 5.82 Å². The molecule has 0 aliphatic heterocycles. The van der Waals surface area contributed by atoms with Crippen molar-refractivity contribution < 1.29 is 9.13 Å². The monoisotopic (exact) mass is 225 g/mol. The summed E-state index contributed by atoms with van der Waals surface area (Å²) < 4.78 is 17.8. The Morgan fingerprint density at radius 2 is 1.94 bits per heavy atom. The summed E-state index contributed by atoms with van der Waals surface area (Å²) in [5.74, 6) is 0.136. The normalized spacial score (nSPS) is 12.7. The molecule has 2 nitrogen and oxygen atoms in total. The third kappa shape index (κ3) is 4.29. The molecule has 1 aromatic rings. The SMILES string of the molecule is COCCCCC(CN)c1ccc(F)cc1. The molecule has 0 spiro atoms. The Kier molecular flexibility index (Phi) is 6.04. The van der Waals surface area contributed by atoms with Gasteiger partial charge in [-0.3, -0.25) is 0 Å². The molecule has 0 radical (unpaired) electrons. The molecule has 3 heteroatoms. The van der Waals surface area contributed by atoms with Crippen LogP contribution in [0.2, 0.25) is 0 Å². The van der Waals surface area contributed by atoms with Crippen LogP contribution in [-0.2, 0) is 4.74 Å². The maximum Gasteiger partial charge on any atom is 0.123 e. The van der Waals surface area contributed by atoms with Gasteiger partial charge in [0.15, 0.2) is 0 Å². The average Bonchev–Trinajstić information content (AvgIpc) is 2.31. The van der Waals surface area contributed by atoms with Crippen LogP contribution in [0.1, 0.15) is 30.7 Å². The molecule has 2 N–H and O–H groups in total. The zero-order valence-electron chi connectivity index (χ0n) is 9.79. The van der Waals surface area contributed by atoms with Gasteiger partial charge < -0.3 is 10.5 Å². The Labute approximate surface area is 96.6 Å². The fourth-order valence-corrected chi connectivity index (χ4v) is 1.79. The van der Waals surface area contributed by atoms with Crippen LogP contribution in [0.15, 0.2) is 24.3 Å². The topological polar surface area (TPSA) is 35.2 Å². The Bertz CT molecular complexity index is 286. The van der Waals surface area contributed by atoms with Gasteiger partial charge in [0.05, 0.1) is 0 Å². The van der Waals surface area contributed by atoms with Crippen molar-refractivity contribution in [2.24, 2.45) is 5.73 Å². The van der Waals surface area contributed by atoms with Crippen LogP contribution in [0.5, 0.6) is 0 Å². The minimum absolute atomic E-state index is 0.195. The van der Waals surface area contributed by atoms with Crippen molar-refractivity contribution in [3.8, 4) is 0 Å². The van der Waals surface area contributed by atoms with Crippen molar-refractivity contribution in [3.05, 3.63) is 35.6 Å². The van der Waals surface area contributed by atoms with Crippen molar-refractivity contribution in [2.45, 2.75) is 25.2 Å². The smallest absolute Gasteiger partial charge is 0.123 e. The number of hydrogen-bond donors (Lipinski definition) is 1. The average molecular weight is 225 g/mol. The highest BCUT2D eigenvalue weighted by molar-refractivity contribution is 5.20. The Hall–Kier alpha value is -0.930. The van der Waals surface area contributed by atoms with Gasteiger partial charge in [-0.15, -0.1) is 0 Å². The van der Waals surface area contributed by atoms with Crippen molar-refractivity contribution in [1.82, 2.24) is 0 Å². The largest absolute Gasteiger partial charge is 0.385 e. The quantitative estimate of drug-likeness (QED) is 0.724. The van der Waals surface area contributed by atoms with Gasteiger partial charge in [0, 0.05) is 13.7 Å². The van der Waals surface area contributed by atoms with E-state index in [9.17, 15) is 4.39 Å². The number of halogens is 1. The molecule has 0 aliphatic carbocycles. The van der Waals surface area contributed by atoms with Gasteiger partial charge >= 0.3 is 0 Å². The van der Waals surface area contributed by atoms with Crippen LogP contribution in [0, 0.1) is 5.82 Å². The van der Waals surface area contributed by atoms with E-state index in [0.717, 1.165) is 31.4 Å². The summed E-state index contributed by atoms with van der Waals surface area (Å²) in [6, 6.07) is 6.63. The van der Waals surface area contributed by atoms with E-state index in [0.29, 0.717) is 12.5 Å². The minimum Gasteiger partial charge on any atom is -0.385 e. The molecule has 0 fully saturated rings. The van der Waals surface area contributed by atoms with Gasteiger partial charge in [-0.25, -0.2) is 4.39 Å². The van der Waals surface area contributed by atoms with Crippen LogP contribution in [0.4, 0.5) is 4.39 Å². The van der Waals surface area contributed by atoms with Crippen molar-refractivity contribution in [1.29, 1.82) is 0 Å². The van der Waals surface area contributed by atoms with E-state index < -0.39 is 0 Å². The number of rotatable bonds is 7. The Morgan fingerprint density at radius 3 is 2.50 bits per heavy atom. The summed E-state index contributed by atoms with van der Waals surface area (Å²) in [5.41, 5.74) is 6.86. The predicted molar refractivity (Wildman–Crippen MR) is 63.9 cm³/mol. The molecular weight excluding hydrogens is 205 g/mol. The molecule has 1 rings (SSSR count). The molecule has 90 valence electrons. The number of ether oxygens (including phenoxy) is 1. The molecule has 0 aliphatic rings. The molecule has 0 saturated heterocycles. The van der Waals surface area contributed by atoms with E-state index in [2.05, 4.69) is 0 Å². The predicted octanol–water partition coefficient (Wildman–Crippen LogP) is 2.68. The van der Waals surface area contributed by atoms with E-state index in [4.69, 9.17) is 10.5 Å². The highest BCUT2D eigenvalue weighted by Gasteiger charge is 2.09. The lowest BCUT2D eigenvalue weighted by Crippen LogP contribution is -2.12. The summed E-state index contributed by atoms with van der Waals surface area (Å²) >= 11 is 0. The van der Waals surface area contributed by atoms with Gasteiger partial charge in [0.25, 0.3) is 0 Å². The van der Waals surface area contributed by atoms with E-state index in [1.54, 1.807) is 7.11 Å². The van der Waals surface area contributed by atoms with Gasteiger partial charge in [-0.2, -0.15) is 0 Å². The highest BCUT2D eigenvalue weighted by atomic mass is 19.1. The lowest BCUT2D eigenvalue weighted by atomic mass is 9.94. The number of methoxy groups -OCH3 is 1. The molecule has 0 heterocycles. The van der Waals surface area contributed by atoms with Crippen LogP contribution in [-0.4, -0.2) is 20.3 Å². The standard InChI is InChI=1S/C13H20FNO/c1-16-9-3-2-4-12(10-15)11-5-7-13(14)8-6-11/h5-8,12H,2-4,9-10,15H2,1H3. The first-order valence-electron chi connectivity index (χ1n) is 5.72. The zero-order valence-corrected chi connectivity index (χ0v) is 9.79. The van der Waals surface area contributed by atoms with Crippen LogP contribution in [0.25, 0.3) is 0 Å². The van der Waals surface area contributed by atoms with Crippen LogP contribution >= 0.6 is 0 Å². The summed E-state index contributed by atoms with van der Waals surface area (Å²) in [6.07, 6.45) is 3.17. The summed E-state index contributed by atoms with van der Waals surface area (Å²) in [6.45, 7) is 1.40. The maximum atomic E-state index is 12.8. The van der Waals surface area contributed by atoms with Gasteiger partial charge in [0.2, 0.25) is 0 Å². The molecule has 0 aromatic heterocycles. The molecule has 1 unspecified atom stereocenters. The maximum absolute atomic E-state index is 12.8. The third-order valence-electron chi connectivity index (χ3n) is 2.78. The van der Waals surface area contributed by atoms with E-state index in [1.807, 2.05) is 12.1 Å². The third-order valence-corrected chi connectivity index (χ3v) is 2.78. The van der Waals surface area contributed by atoms with Crippen molar-refractivity contribution in [2.75, 3.05) is 20.3 Å². The fourth-order valence-electron chi connectivity index (χ4n) is 1.79. The Morgan fingerprint density at radius 1 is 1.25 bits per heavy atom. The molecule has 0 bridgehead atoms. The lowest BCUT2D eigenvalue weighted by molar-refractivity contribution is 0.191. The first kappa shape index (κ1) is 13.1. The number of hydrogen-bond acceptors (Lipinski definition) is 2. The second-order valence-electron chi connectivity index (χ2n) is 3.97. The van der Waals surface area contributed by atoms with E-state index in [-0.39, 0.29) is 5.82 Å². The molecular formula is C13H20FNO. The molecule has 0 amide bonds. The van der Waals surface area contributed by atoms with Crippen LogP contribution in [0.3, 0.4) is 0 Å². The molecule has 1 atom stereocenters. The van der Waals surface area contributed by atoms with E-state index in [1.165, 1.54) is 12.1 Å². The van der Waals surface area contributed by atoms with Crippen molar-refractivity contribution >= 4 is 0 Å². The molecule has 0 saturated carbocycles. The van der Waals surface area contributed by atoms with Crippen molar-refractivity contribution in [3.63, 3.8) is 0 Å². The van der Waals surface area contributed by atoms with Gasteiger partial charge in [-0.1, -0.05) is 18.6 Å². The molecule has 16 heavy (non-hydrogen) atoms. The minimum atomic E-state index is -0.195. The second-order valence-corrected chi connectivity index (χ2v) is 3.97. The number of nitrogens with two attached hydrogens (primary N) is 1. The highest BCUT2D eigenvalue weighted by Crippen LogP contribution is 2.21. The summed E-state index contributed by atoms with van der Waals surface area (Å²) in [4.78, 5) is 0. The fraction of sp³-hybridized carbons (Fsp3) is 0.538. The van der Waals surface area contributed by atoms with Gasteiger partial charge in [-0.05, 0) is 43.0 Å². The first-order chi connectivity index (χ1) is 7.77. The lowest BCUT2D eigenvalue weighted by Gasteiger charge is -2.14. The summed E-state index contributed by atoms with van der Waals surface area (Å²) in [7, 11) is 1.71. The second kappa shape index (κ2) is 7.36. The number of unbranched alkanes of at least 4 members (excludes halogenated alkanes) is 1. The zero-order chi connectivity index (χ0) is 11.8.